The van der Waals surface area contributed by atoms with Crippen LogP contribution in [0.15, 0.2) is 35.0 Å². The van der Waals surface area contributed by atoms with Crippen LogP contribution in [0.3, 0.4) is 0 Å². The molecule has 6 heteroatoms. The van der Waals surface area contributed by atoms with Gasteiger partial charge in [-0.3, -0.25) is 0 Å². The number of fused-ring (bicyclic) bond motifs is 5. The van der Waals surface area contributed by atoms with E-state index in [1.165, 1.54) is 77.0 Å². The van der Waals surface area contributed by atoms with Gasteiger partial charge in [0, 0.05) is 21.6 Å². The van der Waals surface area contributed by atoms with Gasteiger partial charge in [0.15, 0.2) is 0 Å². The third-order valence-corrected chi connectivity index (χ3v) is 15.1. The third kappa shape index (κ3) is 4.03. The van der Waals surface area contributed by atoms with E-state index < -0.39 is 0 Å². The maximum Gasteiger partial charge on any atom is 0.142 e. The molecule has 14 rings (SSSR count). The van der Waals surface area contributed by atoms with Gasteiger partial charge >= 0.3 is 0 Å². The molecule has 2 aromatic carbocycles. The quantitative estimate of drug-likeness (QED) is 0.120. The van der Waals surface area contributed by atoms with Crippen LogP contribution in [0.4, 0.5) is 0 Å². The fraction of sp³-hybridized carbons (Fsp3) is 0.476. The number of thiophene rings is 2. The van der Waals surface area contributed by atoms with Gasteiger partial charge in [0.05, 0.1) is 22.2 Å². The molecule has 0 N–H and O–H groups in total. The smallest absolute Gasteiger partial charge is 0.142 e. The van der Waals surface area contributed by atoms with Crippen LogP contribution < -0.4 is 0 Å². The van der Waals surface area contributed by atoms with Gasteiger partial charge in [0.25, 0.3) is 0 Å². The van der Waals surface area contributed by atoms with Crippen molar-refractivity contribution in [1.29, 1.82) is 0 Å². The SMILES string of the molecule is C(#CC12CC3CC(CC(C3)C1)C2)c1c2cc3nc4ccsc4nc3c(C#CC34CC5CC(CC(C5)C3)C4)c2cc2nc3ccsc3nc12. The van der Waals surface area contributed by atoms with E-state index in [9.17, 15) is 0 Å². The molecule has 4 nitrogen and oxygen atoms in total. The molecule has 0 atom stereocenters. The first kappa shape index (κ1) is 27.3. The lowest BCUT2D eigenvalue weighted by Gasteiger charge is -2.54. The molecule has 8 aliphatic rings. The minimum absolute atomic E-state index is 0.143. The largest absolute Gasteiger partial charge is 0.244 e. The molecule has 4 aromatic heterocycles. The maximum atomic E-state index is 5.26. The van der Waals surface area contributed by atoms with Crippen molar-refractivity contribution < 1.29 is 0 Å². The van der Waals surface area contributed by atoms with Crippen molar-refractivity contribution in [1.82, 2.24) is 19.9 Å². The predicted octanol–water partition coefficient (Wildman–Crippen LogP) is 10.3. The highest BCUT2D eigenvalue weighted by atomic mass is 32.1. The molecule has 8 aliphatic carbocycles. The van der Waals surface area contributed by atoms with Crippen molar-refractivity contribution in [2.24, 2.45) is 46.3 Å². The Balaban J connectivity index is 1.14. The molecule has 0 aliphatic heterocycles. The Morgan fingerprint density at radius 2 is 0.875 bits per heavy atom. The highest BCUT2D eigenvalue weighted by Gasteiger charge is 2.51. The van der Waals surface area contributed by atoms with Gasteiger partial charge in [-0.2, -0.15) is 0 Å². The Morgan fingerprint density at radius 1 is 0.500 bits per heavy atom. The third-order valence-electron chi connectivity index (χ3n) is 13.5. The fourth-order valence-corrected chi connectivity index (χ4v) is 13.9. The van der Waals surface area contributed by atoms with E-state index in [2.05, 4.69) is 58.7 Å². The van der Waals surface area contributed by atoms with Crippen LogP contribution >= 0.6 is 22.7 Å². The first-order valence-corrected chi connectivity index (χ1v) is 20.0. The molecule has 6 aromatic rings. The normalized spacial score (nSPS) is 34.3. The lowest BCUT2D eigenvalue weighted by molar-refractivity contribution is -0.0182. The molecule has 0 unspecified atom stereocenters. The molecule has 8 fully saturated rings. The van der Waals surface area contributed by atoms with Crippen molar-refractivity contribution in [3.05, 3.63) is 46.2 Å². The monoisotopic (exact) mass is 660 g/mol. The summed E-state index contributed by atoms with van der Waals surface area (Å²) < 4.78 is 0. The van der Waals surface area contributed by atoms with Crippen LogP contribution in [-0.4, -0.2) is 19.9 Å². The van der Waals surface area contributed by atoms with Gasteiger partial charge in [0.2, 0.25) is 0 Å². The summed E-state index contributed by atoms with van der Waals surface area (Å²) in [4.78, 5) is 22.9. The molecule has 0 radical (unpaired) electrons. The van der Waals surface area contributed by atoms with Crippen LogP contribution in [0.5, 0.6) is 0 Å². The Kier molecular flexibility index (Phi) is 5.43. The number of hydrogen-bond acceptors (Lipinski definition) is 6. The summed E-state index contributed by atoms with van der Waals surface area (Å²) in [5.41, 5.74) is 7.85. The first-order valence-electron chi connectivity index (χ1n) is 18.3. The maximum absolute atomic E-state index is 5.26. The van der Waals surface area contributed by atoms with Crippen molar-refractivity contribution >= 4 is 76.2 Å². The highest BCUT2D eigenvalue weighted by molar-refractivity contribution is 7.17. The summed E-state index contributed by atoms with van der Waals surface area (Å²) in [5, 5.41) is 6.41. The second-order valence-corrected chi connectivity index (χ2v) is 18.7. The molecule has 0 amide bonds. The first-order chi connectivity index (χ1) is 23.5. The van der Waals surface area contributed by atoms with Crippen LogP contribution in [0.2, 0.25) is 0 Å². The highest BCUT2D eigenvalue weighted by Crippen LogP contribution is 2.61. The number of rotatable bonds is 0. The lowest BCUT2D eigenvalue weighted by atomic mass is 9.50. The van der Waals surface area contributed by atoms with Crippen molar-refractivity contribution in [2.45, 2.75) is 77.0 Å². The summed E-state index contributed by atoms with van der Waals surface area (Å²) in [6.07, 6.45) is 16.1. The summed E-state index contributed by atoms with van der Waals surface area (Å²) in [5.74, 6) is 20.9. The molecule has 236 valence electrons. The molecule has 4 heterocycles. The van der Waals surface area contributed by atoms with E-state index in [1.54, 1.807) is 22.7 Å². The topological polar surface area (TPSA) is 51.6 Å². The Morgan fingerprint density at radius 3 is 1.25 bits per heavy atom. The Bertz CT molecular complexity index is 2270. The number of benzene rings is 2. The van der Waals surface area contributed by atoms with Gasteiger partial charge in [-0.25, -0.2) is 19.9 Å². The van der Waals surface area contributed by atoms with E-state index in [-0.39, 0.29) is 10.8 Å². The van der Waals surface area contributed by atoms with E-state index in [4.69, 9.17) is 19.9 Å². The van der Waals surface area contributed by atoms with Gasteiger partial charge in [-0.15, -0.1) is 22.7 Å². The van der Waals surface area contributed by atoms with Gasteiger partial charge in [-0.05, 0) is 148 Å². The molecule has 48 heavy (non-hydrogen) atoms. The van der Waals surface area contributed by atoms with E-state index >= 15 is 0 Å². The average molecular weight is 661 g/mol. The molecular formula is C42H36N4S2. The molecule has 0 saturated heterocycles. The van der Waals surface area contributed by atoms with E-state index in [0.717, 1.165) is 100 Å². The standard InChI is InChI=1S/C42H36N4S2/c1(5-41-17-23-9-24(18-41)11-25(10-23)19-41)29-31-15-36-38(46-40-34(44-36)4-8-48-40)30(2-6-42-20-26-12-27(21-42)14-28(13-26)22-42)32(31)16-35-37(29)45-39-33(43-35)3-7-47-39/h3-4,7-8,15-16,23-28H,9-14,17-22H2. The van der Waals surface area contributed by atoms with Crippen LogP contribution in [0.1, 0.15) is 88.2 Å². The number of aromatic nitrogens is 4. The summed E-state index contributed by atoms with van der Waals surface area (Å²) in [7, 11) is 0. The van der Waals surface area contributed by atoms with Gasteiger partial charge in [0.1, 0.15) is 31.7 Å². The van der Waals surface area contributed by atoms with Crippen molar-refractivity contribution in [3.8, 4) is 23.7 Å². The molecule has 8 saturated carbocycles. The van der Waals surface area contributed by atoms with Crippen molar-refractivity contribution in [2.75, 3.05) is 0 Å². The van der Waals surface area contributed by atoms with Gasteiger partial charge < -0.3 is 0 Å². The lowest BCUT2D eigenvalue weighted by Crippen LogP contribution is -2.45. The number of nitrogens with zero attached hydrogens (tertiary/aromatic N) is 4. The molecule has 8 bridgehead atoms. The van der Waals surface area contributed by atoms with Crippen LogP contribution in [-0.2, 0) is 0 Å². The Labute approximate surface area is 288 Å². The average Bonchev–Trinajstić information content (AvgIpc) is 3.71. The zero-order chi connectivity index (χ0) is 31.2. The zero-order valence-electron chi connectivity index (χ0n) is 27.0. The minimum atomic E-state index is 0.143. The molecular weight excluding hydrogens is 625 g/mol. The van der Waals surface area contributed by atoms with E-state index in [0.29, 0.717) is 0 Å². The van der Waals surface area contributed by atoms with E-state index in [1.807, 2.05) is 0 Å². The zero-order valence-corrected chi connectivity index (χ0v) is 28.7. The van der Waals surface area contributed by atoms with Crippen LogP contribution in [0.25, 0.3) is 53.5 Å². The predicted molar refractivity (Wildman–Crippen MR) is 196 cm³/mol. The second-order valence-electron chi connectivity index (χ2n) is 16.9. The van der Waals surface area contributed by atoms with Gasteiger partial charge in [-0.1, -0.05) is 23.7 Å². The minimum Gasteiger partial charge on any atom is -0.244 e. The van der Waals surface area contributed by atoms with Crippen LogP contribution in [0, 0.1) is 70.0 Å². The summed E-state index contributed by atoms with van der Waals surface area (Å²) in [6, 6.07) is 8.66. The fourth-order valence-electron chi connectivity index (χ4n) is 12.4. The summed E-state index contributed by atoms with van der Waals surface area (Å²) >= 11 is 3.32. The van der Waals surface area contributed by atoms with Crippen molar-refractivity contribution in [3.63, 3.8) is 0 Å². The molecule has 0 spiro atoms. The summed E-state index contributed by atoms with van der Waals surface area (Å²) in [6.45, 7) is 0. The second kappa shape index (κ2) is 9.56. The number of hydrogen-bond donors (Lipinski definition) is 0. The Hall–Kier alpha value is -3.58.